The maximum absolute atomic E-state index is 11.8. The molecular formula is C17H21ClN2O3. The molecule has 1 aromatic heterocycles. The number of alkyl halides is 1. The molecular weight excluding hydrogens is 316 g/mol. The second-order valence-corrected chi connectivity index (χ2v) is 6.45. The summed E-state index contributed by atoms with van der Waals surface area (Å²) in [5.74, 6) is 0.402. The lowest BCUT2D eigenvalue weighted by Gasteiger charge is -2.19. The van der Waals surface area contributed by atoms with Crippen molar-refractivity contribution in [3.63, 3.8) is 0 Å². The highest BCUT2D eigenvalue weighted by atomic mass is 35.5. The maximum atomic E-state index is 11.8. The van der Waals surface area contributed by atoms with E-state index in [0.717, 1.165) is 5.56 Å². The molecule has 0 aliphatic heterocycles. The Labute approximate surface area is 140 Å². The van der Waals surface area contributed by atoms with Gasteiger partial charge in [0, 0.05) is 0 Å². The SMILES string of the molecule is CC(C)(C)c1ccc(COc2cn[nH]c(=O)c2COCCl)cc1. The van der Waals surface area contributed by atoms with Crippen LogP contribution in [0.15, 0.2) is 35.3 Å². The van der Waals surface area contributed by atoms with Crippen LogP contribution in [0.4, 0.5) is 0 Å². The normalized spacial score (nSPS) is 11.5. The van der Waals surface area contributed by atoms with E-state index < -0.39 is 0 Å². The molecule has 0 aliphatic carbocycles. The predicted molar refractivity (Wildman–Crippen MR) is 89.8 cm³/mol. The van der Waals surface area contributed by atoms with Crippen molar-refractivity contribution in [2.45, 2.75) is 39.4 Å². The summed E-state index contributed by atoms with van der Waals surface area (Å²) < 4.78 is 10.8. The van der Waals surface area contributed by atoms with Crippen LogP contribution in [0, 0.1) is 0 Å². The van der Waals surface area contributed by atoms with Crippen molar-refractivity contribution in [2.75, 3.05) is 6.07 Å². The molecule has 5 nitrogen and oxygen atoms in total. The number of nitrogens with zero attached hydrogens (tertiary/aromatic N) is 1. The lowest BCUT2D eigenvalue weighted by molar-refractivity contribution is 0.159. The van der Waals surface area contributed by atoms with Crippen LogP contribution in [-0.2, 0) is 23.4 Å². The van der Waals surface area contributed by atoms with Crippen LogP contribution in [0.25, 0.3) is 0 Å². The molecule has 23 heavy (non-hydrogen) atoms. The molecule has 0 unspecified atom stereocenters. The molecule has 0 radical (unpaired) electrons. The van der Waals surface area contributed by atoms with Gasteiger partial charge in [-0.15, -0.1) is 0 Å². The van der Waals surface area contributed by atoms with Gasteiger partial charge in [0.1, 0.15) is 12.7 Å². The number of aromatic nitrogens is 2. The van der Waals surface area contributed by atoms with Crippen molar-refractivity contribution < 1.29 is 9.47 Å². The molecule has 0 atom stereocenters. The molecule has 0 amide bonds. The molecule has 0 aliphatic rings. The molecule has 0 saturated carbocycles. The first-order valence-electron chi connectivity index (χ1n) is 7.34. The quantitative estimate of drug-likeness (QED) is 0.821. The Morgan fingerprint density at radius 1 is 1.17 bits per heavy atom. The maximum Gasteiger partial charge on any atom is 0.273 e. The Bertz CT molecular complexity index is 690. The number of nitrogens with one attached hydrogen (secondary N) is 1. The standard InChI is InChI=1S/C17H21ClN2O3/c1-17(2,3)13-6-4-12(5-7-13)9-23-15-8-19-20-16(21)14(15)10-22-11-18/h4-8H,9-11H2,1-3H3,(H,20,21). The first kappa shape index (κ1) is 17.5. The van der Waals surface area contributed by atoms with Crippen LogP contribution >= 0.6 is 11.6 Å². The molecule has 1 heterocycles. The van der Waals surface area contributed by atoms with Gasteiger partial charge in [0.05, 0.1) is 18.4 Å². The van der Waals surface area contributed by atoms with Gasteiger partial charge in [0.25, 0.3) is 5.56 Å². The Balaban J connectivity index is 2.09. The third kappa shape index (κ3) is 4.81. The van der Waals surface area contributed by atoms with Crippen LogP contribution < -0.4 is 10.3 Å². The molecule has 2 rings (SSSR count). The monoisotopic (exact) mass is 336 g/mol. The van der Waals surface area contributed by atoms with Gasteiger partial charge in [0.15, 0.2) is 5.75 Å². The average Bonchev–Trinajstić information content (AvgIpc) is 2.51. The largest absolute Gasteiger partial charge is 0.487 e. The molecule has 1 N–H and O–H groups in total. The van der Waals surface area contributed by atoms with Crippen molar-refractivity contribution in [2.24, 2.45) is 0 Å². The number of benzene rings is 1. The topological polar surface area (TPSA) is 64.2 Å². The van der Waals surface area contributed by atoms with Gasteiger partial charge in [-0.2, -0.15) is 5.10 Å². The van der Waals surface area contributed by atoms with Crippen LogP contribution in [0.5, 0.6) is 5.75 Å². The molecule has 1 aromatic carbocycles. The first-order chi connectivity index (χ1) is 10.9. The van der Waals surface area contributed by atoms with Crippen LogP contribution in [0.1, 0.15) is 37.5 Å². The molecule has 0 spiro atoms. The van der Waals surface area contributed by atoms with Crippen molar-refractivity contribution in [3.05, 3.63) is 57.5 Å². The Morgan fingerprint density at radius 2 is 1.87 bits per heavy atom. The summed E-state index contributed by atoms with van der Waals surface area (Å²) in [6.45, 7) is 6.94. The molecule has 0 bridgehead atoms. The summed E-state index contributed by atoms with van der Waals surface area (Å²) in [5, 5.41) is 6.12. The zero-order valence-electron chi connectivity index (χ0n) is 13.6. The van der Waals surface area contributed by atoms with Gasteiger partial charge in [-0.1, -0.05) is 56.6 Å². The first-order valence-corrected chi connectivity index (χ1v) is 7.88. The van der Waals surface area contributed by atoms with Gasteiger partial charge in [-0.05, 0) is 16.5 Å². The van der Waals surface area contributed by atoms with E-state index in [2.05, 4.69) is 43.1 Å². The highest BCUT2D eigenvalue weighted by molar-refractivity contribution is 6.17. The van der Waals surface area contributed by atoms with Gasteiger partial charge < -0.3 is 9.47 Å². The number of halogens is 1. The van der Waals surface area contributed by atoms with E-state index in [1.54, 1.807) is 0 Å². The van der Waals surface area contributed by atoms with E-state index >= 15 is 0 Å². The fraction of sp³-hybridized carbons (Fsp3) is 0.412. The van der Waals surface area contributed by atoms with Crippen molar-refractivity contribution in [1.29, 1.82) is 0 Å². The van der Waals surface area contributed by atoms with Crippen molar-refractivity contribution in [1.82, 2.24) is 10.2 Å². The lowest BCUT2D eigenvalue weighted by atomic mass is 9.87. The minimum absolute atomic E-state index is 0.00939. The highest BCUT2D eigenvalue weighted by Gasteiger charge is 2.13. The molecule has 0 saturated heterocycles. The smallest absolute Gasteiger partial charge is 0.273 e. The minimum atomic E-state index is -0.337. The summed E-state index contributed by atoms with van der Waals surface area (Å²) in [6, 6.07) is 8.24. The summed E-state index contributed by atoms with van der Waals surface area (Å²) in [7, 11) is 0. The fourth-order valence-corrected chi connectivity index (χ4v) is 2.15. The average molecular weight is 337 g/mol. The van der Waals surface area contributed by atoms with E-state index in [1.807, 2.05) is 12.1 Å². The van der Waals surface area contributed by atoms with E-state index in [4.69, 9.17) is 21.1 Å². The Hall–Kier alpha value is -1.85. The second-order valence-electron chi connectivity index (χ2n) is 6.24. The molecule has 2 aromatic rings. The van der Waals surface area contributed by atoms with Crippen LogP contribution in [0.3, 0.4) is 0 Å². The van der Waals surface area contributed by atoms with Gasteiger partial charge in [-0.3, -0.25) is 4.79 Å². The van der Waals surface area contributed by atoms with E-state index in [-0.39, 0.29) is 23.6 Å². The third-order valence-electron chi connectivity index (χ3n) is 3.46. The van der Waals surface area contributed by atoms with Gasteiger partial charge in [-0.25, -0.2) is 5.10 Å². The summed E-state index contributed by atoms with van der Waals surface area (Å²) in [5.41, 5.74) is 2.43. The number of H-pyrrole nitrogens is 1. The Morgan fingerprint density at radius 3 is 2.48 bits per heavy atom. The van der Waals surface area contributed by atoms with Crippen molar-refractivity contribution >= 4 is 11.6 Å². The molecule has 0 fully saturated rings. The van der Waals surface area contributed by atoms with E-state index in [9.17, 15) is 4.79 Å². The number of hydrogen-bond acceptors (Lipinski definition) is 4. The number of hydrogen-bond donors (Lipinski definition) is 1. The van der Waals surface area contributed by atoms with E-state index in [1.165, 1.54) is 11.8 Å². The molecule has 124 valence electrons. The zero-order valence-corrected chi connectivity index (χ0v) is 14.3. The zero-order chi connectivity index (χ0) is 16.9. The number of aromatic amines is 1. The number of ether oxygens (including phenoxy) is 2. The van der Waals surface area contributed by atoms with Gasteiger partial charge in [0.2, 0.25) is 0 Å². The Kier molecular flexibility index (Phi) is 5.80. The fourth-order valence-electron chi connectivity index (χ4n) is 2.07. The van der Waals surface area contributed by atoms with Crippen LogP contribution in [0.2, 0.25) is 0 Å². The van der Waals surface area contributed by atoms with E-state index in [0.29, 0.717) is 17.9 Å². The van der Waals surface area contributed by atoms with Gasteiger partial charge >= 0.3 is 0 Å². The summed E-state index contributed by atoms with van der Waals surface area (Å²) >= 11 is 5.49. The predicted octanol–water partition coefficient (Wildman–Crippen LogP) is 3.36. The van der Waals surface area contributed by atoms with Crippen molar-refractivity contribution in [3.8, 4) is 5.75 Å². The van der Waals surface area contributed by atoms with Crippen LogP contribution in [-0.4, -0.2) is 16.3 Å². The summed E-state index contributed by atoms with van der Waals surface area (Å²) in [4.78, 5) is 11.8. The third-order valence-corrected chi connectivity index (χ3v) is 3.61. The summed E-state index contributed by atoms with van der Waals surface area (Å²) in [6.07, 6.45) is 1.47. The number of rotatable bonds is 6. The lowest BCUT2D eigenvalue weighted by Crippen LogP contribution is -2.17. The minimum Gasteiger partial charge on any atom is -0.487 e. The molecule has 6 heteroatoms. The second kappa shape index (κ2) is 7.62. The highest BCUT2D eigenvalue weighted by Crippen LogP contribution is 2.23.